The summed E-state index contributed by atoms with van der Waals surface area (Å²) in [5, 5.41) is 9.96. The van der Waals surface area contributed by atoms with Crippen molar-refractivity contribution in [2.75, 3.05) is 13.2 Å². The molecule has 0 aromatic heterocycles. The molecule has 1 amide bonds. The first-order valence-corrected chi connectivity index (χ1v) is 12.2. The van der Waals surface area contributed by atoms with Gasteiger partial charge in [-0.15, -0.1) is 0 Å². The molecule has 1 aliphatic rings. The molecule has 176 valence electrons. The van der Waals surface area contributed by atoms with Gasteiger partial charge in [0, 0.05) is 17.7 Å². The topological polar surface area (TPSA) is 74.9 Å². The summed E-state index contributed by atoms with van der Waals surface area (Å²) >= 11 is 1.34. The van der Waals surface area contributed by atoms with E-state index in [1.807, 2.05) is 86.7 Å². The van der Waals surface area contributed by atoms with Gasteiger partial charge in [0.15, 0.2) is 5.17 Å². The van der Waals surface area contributed by atoms with E-state index in [0.29, 0.717) is 34.5 Å². The Morgan fingerprint density at radius 1 is 1.00 bits per heavy atom. The Morgan fingerprint density at radius 2 is 1.74 bits per heavy atom. The first-order valence-electron chi connectivity index (χ1n) is 11.4. The molecule has 1 aliphatic heterocycles. The normalized spacial score (nSPS) is 15.5. The highest BCUT2D eigenvalue weighted by molar-refractivity contribution is 8.18. The number of thioether (sulfide) groups is 1. The van der Waals surface area contributed by atoms with E-state index in [1.165, 1.54) is 11.8 Å². The molecule has 35 heavy (non-hydrogen) atoms. The van der Waals surface area contributed by atoms with Gasteiger partial charge in [0.05, 0.1) is 28.8 Å². The van der Waals surface area contributed by atoms with Gasteiger partial charge in [0.1, 0.15) is 18.1 Å². The second-order valence-electron chi connectivity index (χ2n) is 7.58. The van der Waals surface area contributed by atoms with Crippen LogP contribution in [0.3, 0.4) is 0 Å². The van der Waals surface area contributed by atoms with Crippen molar-refractivity contribution < 1.29 is 14.3 Å². The maximum atomic E-state index is 13.1. The number of benzene rings is 3. The zero-order valence-corrected chi connectivity index (χ0v) is 20.4. The van der Waals surface area contributed by atoms with Crippen LogP contribution in [-0.4, -0.2) is 29.1 Å². The number of ether oxygens (including phenoxy) is 2. The van der Waals surface area contributed by atoms with Crippen LogP contribution in [0.4, 0.5) is 5.69 Å². The number of carbonyl (C=O) groups is 1. The highest BCUT2D eigenvalue weighted by atomic mass is 32.2. The number of nitrogens with zero attached hydrogens (tertiary/aromatic N) is 3. The summed E-state index contributed by atoms with van der Waals surface area (Å²) in [4.78, 5) is 20.1. The molecule has 0 saturated carbocycles. The molecule has 4 rings (SSSR count). The summed E-state index contributed by atoms with van der Waals surface area (Å²) in [5.41, 5.74) is 2.93. The van der Waals surface area contributed by atoms with Crippen LogP contribution in [0.2, 0.25) is 0 Å². The van der Waals surface area contributed by atoms with Crippen molar-refractivity contribution in [2.45, 2.75) is 20.5 Å². The Hall–Kier alpha value is -4.02. The third kappa shape index (κ3) is 5.73. The lowest BCUT2D eigenvalue weighted by molar-refractivity contribution is -0.122. The Bertz CT molecular complexity index is 1310. The van der Waals surface area contributed by atoms with Gasteiger partial charge in [-0.3, -0.25) is 9.69 Å². The van der Waals surface area contributed by atoms with Gasteiger partial charge in [0.25, 0.3) is 5.91 Å². The molecule has 6 nitrogen and oxygen atoms in total. The van der Waals surface area contributed by atoms with Gasteiger partial charge in [-0.05, 0) is 68.1 Å². The molecule has 3 aromatic rings. The average molecular weight is 484 g/mol. The summed E-state index contributed by atoms with van der Waals surface area (Å²) < 4.78 is 11.5. The Balaban J connectivity index is 1.56. The van der Waals surface area contributed by atoms with Crippen LogP contribution >= 0.6 is 11.8 Å². The number of amidine groups is 1. The van der Waals surface area contributed by atoms with E-state index >= 15 is 0 Å². The van der Waals surface area contributed by atoms with Gasteiger partial charge in [-0.2, -0.15) is 5.26 Å². The van der Waals surface area contributed by atoms with E-state index in [2.05, 4.69) is 6.07 Å². The van der Waals surface area contributed by atoms with E-state index < -0.39 is 0 Å². The van der Waals surface area contributed by atoms with E-state index in [0.717, 1.165) is 22.6 Å². The molecule has 3 aromatic carbocycles. The van der Waals surface area contributed by atoms with Crippen molar-refractivity contribution in [2.24, 2.45) is 4.99 Å². The van der Waals surface area contributed by atoms with Crippen LogP contribution in [0, 0.1) is 11.3 Å². The van der Waals surface area contributed by atoms with Crippen molar-refractivity contribution in [3.63, 3.8) is 0 Å². The molecule has 1 saturated heterocycles. The number of aliphatic imine (C=N–C) groups is 1. The molecule has 0 bridgehead atoms. The minimum absolute atomic E-state index is 0.0909. The van der Waals surface area contributed by atoms with Crippen LogP contribution in [0.15, 0.2) is 82.7 Å². The van der Waals surface area contributed by atoms with Crippen LogP contribution in [0.5, 0.6) is 11.5 Å². The standard InChI is InChI=1S/C28H25N3O3S/c1-3-31-27(32)26(35-28(31)30-23-13-15-24(16-14-23)33-4-2)17-20-9-7-8-12-25(20)34-19-22-11-6-5-10-21(22)18-29/h5-17H,3-4,19H2,1-2H3. The predicted molar refractivity (Wildman–Crippen MR) is 140 cm³/mol. The number of rotatable bonds is 8. The molecule has 0 aliphatic carbocycles. The third-order valence-electron chi connectivity index (χ3n) is 5.30. The second kappa shape index (κ2) is 11.4. The van der Waals surface area contributed by atoms with E-state index in [9.17, 15) is 10.1 Å². The summed E-state index contributed by atoms with van der Waals surface area (Å²) in [7, 11) is 0. The van der Waals surface area contributed by atoms with Gasteiger partial charge < -0.3 is 9.47 Å². The molecule has 0 radical (unpaired) electrons. The fraction of sp³-hybridized carbons (Fsp3) is 0.179. The fourth-order valence-electron chi connectivity index (χ4n) is 3.55. The van der Waals surface area contributed by atoms with Gasteiger partial charge in [0.2, 0.25) is 0 Å². The van der Waals surface area contributed by atoms with Crippen LogP contribution in [-0.2, 0) is 11.4 Å². The van der Waals surface area contributed by atoms with Crippen molar-refractivity contribution in [3.05, 3.63) is 94.4 Å². The van der Waals surface area contributed by atoms with Crippen molar-refractivity contribution in [1.82, 2.24) is 4.90 Å². The number of nitriles is 1. The summed E-state index contributed by atoms with van der Waals surface area (Å²) in [6.45, 7) is 5.25. The summed E-state index contributed by atoms with van der Waals surface area (Å²) in [6.07, 6.45) is 1.84. The zero-order valence-electron chi connectivity index (χ0n) is 19.6. The molecule has 1 heterocycles. The van der Waals surface area contributed by atoms with Crippen molar-refractivity contribution in [3.8, 4) is 17.6 Å². The van der Waals surface area contributed by atoms with Crippen molar-refractivity contribution in [1.29, 1.82) is 5.26 Å². The maximum absolute atomic E-state index is 13.1. The Labute approximate surface area is 209 Å². The molecular weight excluding hydrogens is 458 g/mol. The van der Waals surface area contributed by atoms with E-state index in [1.54, 1.807) is 11.0 Å². The summed E-state index contributed by atoms with van der Waals surface area (Å²) in [6, 6.07) is 24.6. The Kier molecular flexibility index (Phi) is 7.86. The first kappa shape index (κ1) is 24.1. The number of para-hydroxylation sites is 1. The number of carbonyl (C=O) groups excluding carboxylic acids is 1. The smallest absolute Gasteiger partial charge is 0.266 e. The SMILES string of the molecule is CCOc1ccc(N=C2SC(=Cc3ccccc3OCc3ccccc3C#N)C(=O)N2CC)cc1. The maximum Gasteiger partial charge on any atom is 0.266 e. The molecule has 0 spiro atoms. The van der Waals surface area contributed by atoms with Crippen LogP contribution in [0.25, 0.3) is 6.08 Å². The highest BCUT2D eigenvalue weighted by Crippen LogP contribution is 2.35. The molecule has 0 unspecified atom stereocenters. The van der Waals surface area contributed by atoms with E-state index in [-0.39, 0.29) is 12.5 Å². The largest absolute Gasteiger partial charge is 0.494 e. The van der Waals surface area contributed by atoms with Gasteiger partial charge >= 0.3 is 0 Å². The summed E-state index contributed by atoms with van der Waals surface area (Å²) in [5.74, 6) is 1.33. The monoisotopic (exact) mass is 483 g/mol. The molecular formula is C28H25N3O3S. The lowest BCUT2D eigenvalue weighted by atomic mass is 10.1. The minimum Gasteiger partial charge on any atom is -0.494 e. The lowest BCUT2D eigenvalue weighted by Crippen LogP contribution is -2.28. The lowest BCUT2D eigenvalue weighted by Gasteiger charge is -2.12. The number of hydrogen-bond acceptors (Lipinski definition) is 6. The number of likely N-dealkylation sites (N-methyl/N-ethyl adjacent to an activating group) is 1. The number of amides is 1. The first-order chi connectivity index (χ1) is 17.1. The third-order valence-corrected chi connectivity index (χ3v) is 6.31. The highest BCUT2D eigenvalue weighted by Gasteiger charge is 2.32. The van der Waals surface area contributed by atoms with Gasteiger partial charge in [-0.1, -0.05) is 36.4 Å². The van der Waals surface area contributed by atoms with Crippen molar-refractivity contribution >= 4 is 34.6 Å². The van der Waals surface area contributed by atoms with Crippen LogP contribution in [0.1, 0.15) is 30.5 Å². The minimum atomic E-state index is -0.0909. The van der Waals surface area contributed by atoms with Crippen LogP contribution < -0.4 is 9.47 Å². The second-order valence-corrected chi connectivity index (χ2v) is 8.59. The fourth-order valence-corrected chi connectivity index (χ4v) is 4.60. The molecule has 7 heteroatoms. The quantitative estimate of drug-likeness (QED) is 0.359. The average Bonchev–Trinajstić information content (AvgIpc) is 3.18. The molecule has 0 N–H and O–H groups in total. The predicted octanol–water partition coefficient (Wildman–Crippen LogP) is 6.16. The van der Waals surface area contributed by atoms with E-state index in [4.69, 9.17) is 14.5 Å². The Morgan fingerprint density at radius 3 is 2.49 bits per heavy atom. The molecule has 1 fully saturated rings. The molecule has 0 atom stereocenters. The van der Waals surface area contributed by atoms with Gasteiger partial charge in [-0.25, -0.2) is 4.99 Å². The number of hydrogen-bond donors (Lipinski definition) is 0. The zero-order chi connectivity index (χ0) is 24.6.